The second-order valence-electron chi connectivity index (χ2n) is 7.42. The Kier molecular flexibility index (Phi) is 6.80. The number of anilines is 1. The molecular weight excluding hydrogens is 360 g/mol. The molecule has 4 heteroatoms. The number of nitrogens with one attached hydrogen (secondary N) is 2. The number of benzene rings is 3. The fourth-order valence-corrected chi connectivity index (χ4v) is 2.96. The van der Waals surface area contributed by atoms with Crippen LogP contribution >= 0.6 is 0 Å². The smallest absolute Gasteiger partial charge is 0.255 e. The van der Waals surface area contributed by atoms with Gasteiger partial charge >= 0.3 is 0 Å². The molecule has 2 amide bonds. The van der Waals surface area contributed by atoms with Gasteiger partial charge in [0.2, 0.25) is 0 Å². The van der Waals surface area contributed by atoms with Crippen molar-refractivity contribution in [2.75, 3.05) is 11.9 Å². The summed E-state index contributed by atoms with van der Waals surface area (Å²) in [5.74, 6) is 0.361. The van der Waals surface area contributed by atoms with Gasteiger partial charge in [-0.1, -0.05) is 56.3 Å². The topological polar surface area (TPSA) is 58.2 Å². The molecule has 0 heterocycles. The first-order chi connectivity index (χ1) is 14.0. The Morgan fingerprint density at radius 1 is 0.759 bits per heavy atom. The van der Waals surface area contributed by atoms with E-state index in [9.17, 15) is 9.59 Å². The SMILES string of the molecule is CC(C)CCNC(=O)c1cccc(-c2ccc(NC(=O)c3ccccc3)cc2)c1. The van der Waals surface area contributed by atoms with Crippen molar-refractivity contribution in [1.29, 1.82) is 0 Å². The quantitative estimate of drug-likeness (QED) is 0.573. The second kappa shape index (κ2) is 9.69. The normalized spacial score (nSPS) is 10.6. The third kappa shape index (κ3) is 5.79. The van der Waals surface area contributed by atoms with Gasteiger partial charge in [0.25, 0.3) is 11.8 Å². The van der Waals surface area contributed by atoms with E-state index in [-0.39, 0.29) is 11.8 Å². The molecule has 148 valence electrons. The predicted octanol–water partition coefficient (Wildman–Crippen LogP) is 5.38. The highest BCUT2D eigenvalue weighted by molar-refractivity contribution is 6.04. The number of rotatable bonds is 7. The Balaban J connectivity index is 1.67. The molecule has 0 radical (unpaired) electrons. The molecule has 2 N–H and O–H groups in total. The van der Waals surface area contributed by atoms with Crippen LogP contribution in [0.25, 0.3) is 11.1 Å². The van der Waals surface area contributed by atoms with E-state index in [1.165, 1.54) is 0 Å². The molecular formula is C25H26N2O2. The van der Waals surface area contributed by atoms with Gasteiger partial charge < -0.3 is 10.6 Å². The predicted molar refractivity (Wildman–Crippen MR) is 118 cm³/mol. The number of hydrogen-bond donors (Lipinski definition) is 2. The van der Waals surface area contributed by atoms with Crippen molar-refractivity contribution in [3.05, 3.63) is 90.0 Å². The third-order valence-electron chi connectivity index (χ3n) is 4.64. The van der Waals surface area contributed by atoms with Crippen LogP contribution in [0.4, 0.5) is 5.69 Å². The van der Waals surface area contributed by atoms with Crippen molar-refractivity contribution in [3.8, 4) is 11.1 Å². The van der Waals surface area contributed by atoms with Crippen molar-refractivity contribution in [3.63, 3.8) is 0 Å². The van der Waals surface area contributed by atoms with Gasteiger partial charge in [-0.3, -0.25) is 9.59 Å². The first-order valence-electron chi connectivity index (χ1n) is 9.88. The van der Waals surface area contributed by atoms with Gasteiger partial charge in [-0.15, -0.1) is 0 Å². The molecule has 4 nitrogen and oxygen atoms in total. The summed E-state index contributed by atoms with van der Waals surface area (Å²) < 4.78 is 0. The van der Waals surface area contributed by atoms with Crippen molar-refractivity contribution >= 4 is 17.5 Å². The summed E-state index contributed by atoms with van der Waals surface area (Å²) in [6.45, 7) is 4.95. The van der Waals surface area contributed by atoms with Gasteiger partial charge in [0.1, 0.15) is 0 Å². The molecule has 0 aliphatic heterocycles. The van der Waals surface area contributed by atoms with Crippen LogP contribution in [-0.4, -0.2) is 18.4 Å². The van der Waals surface area contributed by atoms with Gasteiger partial charge in [-0.25, -0.2) is 0 Å². The van der Waals surface area contributed by atoms with Crippen LogP contribution in [0.15, 0.2) is 78.9 Å². The molecule has 0 atom stereocenters. The minimum Gasteiger partial charge on any atom is -0.352 e. The summed E-state index contributed by atoms with van der Waals surface area (Å²) in [6.07, 6.45) is 0.960. The first-order valence-corrected chi connectivity index (χ1v) is 9.88. The highest BCUT2D eigenvalue weighted by Gasteiger charge is 2.08. The van der Waals surface area contributed by atoms with E-state index in [0.717, 1.165) is 23.2 Å². The Morgan fingerprint density at radius 3 is 2.14 bits per heavy atom. The van der Waals surface area contributed by atoms with E-state index in [4.69, 9.17) is 0 Å². The molecule has 0 saturated heterocycles. The van der Waals surface area contributed by atoms with Crippen LogP contribution in [0.5, 0.6) is 0 Å². The monoisotopic (exact) mass is 386 g/mol. The number of amides is 2. The van der Waals surface area contributed by atoms with Crippen molar-refractivity contribution in [1.82, 2.24) is 5.32 Å². The number of hydrogen-bond acceptors (Lipinski definition) is 2. The Hall–Kier alpha value is -3.40. The summed E-state index contributed by atoms with van der Waals surface area (Å²) in [5, 5.41) is 5.86. The largest absolute Gasteiger partial charge is 0.352 e. The zero-order chi connectivity index (χ0) is 20.6. The summed E-state index contributed by atoms with van der Waals surface area (Å²) >= 11 is 0. The molecule has 0 saturated carbocycles. The molecule has 3 rings (SSSR count). The van der Waals surface area contributed by atoms with Crippen LogP contribution in [0.1, 0.15) is 41.0 Å². The molecule has 0 bridgehead atoms. The fraction of sp³-hybridized carbons (Fsp3) is 0.200. The maximum atomic E-state index is 12.4. The summed E-state index contributed by atoms with van der Waals surface area (Å²) in [4.78, 5) is 24.6. The Bertz CT molecular complexity index is 964. The lowest BCUT2D eigenvalue weighted by Gasteiger charge is -2.09. The molecule has 0 aliphatic carbocycles. The van der Waals surface area contributed by atoms with E-state index in [1.54, 1.807) is 12.1 Å². The van der Waals surface area contributed by atoms with Crippen LogP contribution < -0.4 is 10.6 Å². The van der Waals surface area contributed by atoms with Gasteiger partial charge in [0.05, 0.1) is 0 Å². The lowest BCUT2D eigenvalue weighted by atomic mass is 10.0. The average molecular weight is 386 g/mol. The Labute approximate surface area is 172 Å². The van der Waals surface area contributed by atoms with Crippen molar-refractivity contribution < 1.29 is 9.59 Å². The van der Waals surface area contributed by atoms with E-state index in [1.807, 2.05) is 66.7 Å². The standard InChI is InChI=1S/C25H26N2O2/c1-18(2)15-16-26-24(28)22-10-6-9-21(17-22)19-11-13-23(14-12-19)27-25(29)20-7-4-3-5-8-20/h3-14,17-18H,15-16H2,1-2H3,(H,26,28)(H,27,29). The van der Waals surface area contributed by atoms with Crippen molar-refractivity contribution in [2.24, 2.45) is 5.92 Å². The fourth-order valence-electron chi connectivity index (χ4n) is 2.96. The van der Waals surface area contributed by atoms with Gasteiger partial charge in [-0.2, -0.15) is 0 Å². The lowest BCUT2D eigenvalue weighted by molar-refractivity contribution is 0.0951. The maximum absolute atomic E-state index is 12.4. The molecule has 0 unspecified atom stereocenters. The molecule has 0 spiro atoms. The van der Waals surface area contributed by atoms with Gasteiger partial charge in [0.15, 0.2) is 0 Å². The molecule has 3 aromatic rings. The van der Waals surface area contributed by atoms with Crippen molar-refractivity contribution in [2.45, 2.75) is 20.3 Å². The second-order valence-corrected chi connectivity index (χ2v) is 7.42. The number of carbonyl (C=O) groups is 2. The lowest BCUT2D eigenvalue weighted by Crippen LogP contribution is -2.25. The molecule has 3 aromatic carbocycles. The van der Waals surface area contributed by atoms with E-state index < -0.39 is 0 Å². The molecule has 0 aliphatic rings. The number of carbonyl (C=O) groups excluding carboxylic acids is 2. The minimum absolute atomic E-state index is 0.0563. The Morgan fingerprint density at radius 2 is 1.45 bits per heavy atom. The molecule has 0 aromatic heterocycles. The zero-order valence-corrected chi connectivity index (χ0v) is 16.8. The summed E-state index contributed by atoms with van der Waals surface area (Å²) in [7, 11) is 0. The molecule has 0 fully saturated rings. The van der Waals surface area contributed by atoms with E-state index in [0.29, 0.717) is 23.6 Å². The van der Waals surface area contributed by atoms with Gasteiger partial charge in [-0.05, 0) is 59.9 Å². The van der Waals surface area contributed by atoms with E-state index in [2.05, 4.69) is 24.5 Å². The van der Waals surface area contributed by atoms with E-state index >= 15 is 0 Å². The average Bonchev–Trinajstić information content (AvgIpc) is 2.74. The van der Waals surface area contributed by atoms with Gasteiger partial charge in [0, 0.05) is 23.4 Å². The highest BCUT2D eigenvalue weighted by Crippen LogP contribution is 2.23. The van der Waals surface area contributed by atoms with Crippen LogP contribution in [-0.2, 0) is 0 Å². The maximum Gasteiger partial charge on any atom is 0.255 e. The first kappa shape index (κ1) is 20.3. The van der Waals surface area contributed by atoms with Crippen LogP contribution in [0, 0.1) is 5.92 Å². The van der Waals surface area contributed by atoms with Crippen LogP contribution in [0.3, 0.4) is 0 Å². The third-order valence-corrected chi connectivity index (χ3v) is 4.64. The van der Waals surface area contributed by atoms with Crippen LogP contribution in [0.2, 0.25) is 0 Å². The summed E-state index contributed by atoms with van der Waals surface area (Å²) in [6, 6.07) is 24.3. The molecule has 29 heavy (non-hydrogen) atoms. The minimum atomic E-state index is -0.140. The highest BCUT2D eigenvalue weighted by atomic mass is 16.2. The zero-order valence-electron chi connectivity index (χ0n) is 16.8. The summed E-state index contributed by atoms with van der Waals surface area (Å²) in [5.41, 5.74) is 3.94.